The van der Waals surface area contributed by atoms with Crippen LogP contribution in [0.15, 0.2) is 72.1 Å². The van der Waals surface area contributed by atoms with Gasteiger partial charge in [0, 0.05) is 11.4 Å². The SMILES string of the molecule is COC(=O)c1sccc1N(c1ccccc1)c1ccccc1. The maximum absolute atomic E-state index is 12.0. The van der Waals surface area contributed by atoms with Crippen LogP contribution >= 0.6 is 11.3 Å². The number of methoxy groups -OCH3 is 1. The van der Waals surface area contributed by atoms with E-state index in [1.807, 2.05) is 72.1 Å². The number of ether oxygens (including phenoxy) is 1. The summed E-state index contributed by atoms with van der Waals surface area (Å²) in [6.45, 7) is 0. The van der Waals surface area contributed by atoms with Crippen molar-refractivity contribution in [2.45, 2.75) is 0 Å². The Morgan fingerprint density at radius 3 is 1.95 bits per heavy atom. The summed E-state index contributed by atoms with van der Waals surface area (Å²) in [4.78, 5) is 14.7. The van der Waals surface area contributed by atoms with Crippen LogP contribution in [-0.2, 0) is 4.74 Å². The number of rotatable bonds is 4. The molecule has 2 aromatic carbocycles. The van der Waals surface area contributed by atoms with Crippen LogP contribution in [0.25, 0.3) is 0 Å². The molecule has 4 heteroatoms. The lowest BCUT2D eigenvalue weighted by atomic mass is 10.2. The number of thiophene rings is 1. The topological polar surface area (TPSA) is 29.5 Å². The van der Waals surface area contributed by atoms with Crippen molar-refractivity contribution in [3.63, 3.8) is 0 Å². The quantitative estimate of drug-likeness (QED) is 0.635. The van der Waals surface area contributed by atoms with E-state index in [-0.39, 0.29) is 5.97 Å². The Morgan fingerprint density at radius 1 is 0.909 bits per heavy atom. The van der Waals surface area contributed by atoms with Crippen LogP contribution in [0.4, 0.5) is 17.1 Å². The highest BCUT2D eigenvalue weighted by atomic mass is 32.1. The number of nitrogens with zero attached hydrogens (tertiary/aromatic N) is 1. The molecule has 0 N–H and O–H groups in total. The molecule has 0 saturated heterocycles. The fourth-order valence-electron chi connectivity index (χ4n) is 2.31. The van der Waals surface area contributed by atoms with Gasteiger partial charge < -0.3 is 9.64 Å². The first kappa shape index (κ1) is 14.4. The maximum Gasteiger partial charge on any atom is 0.350 e. The second-order valence-electron chi connectivity index (χ2n) is 4.63. The summed E-state index contributed by atoms with van der Waals surface area (Å²) in [5, 5.41) is 1.90. The van der Waals surface area contributed by atoms with Crippen LogP contribution in [0, 0.1) is 0 Å². The van der Waals surface area contributed by atoms with Crippen molar-refractivity contribution < 1.29 is 9.53 Å². The Hall–Kier alpha value is -2.59. The molecule has 0 radical (unpaired) electrons. The largest absolute Gasteiger partial charge is 0.465 e. The predicted octanol–water partition coefficient (Wildman–Crippen LogP) is 5.00. The first-order valence-corrected chi connectivity index (χ1v) is 7.75. The minimum atomic E-state index is -0.318. The van der Waals surface area contributed by atoms with Crippen molar-refractivity contribution in [1.82, 2.24) is 0 Å². The van der Waals surface area contributed by atoms with Gasteiger partial charge in [0.25, 0.3) is 0 Å². The number of hydrogen-bond donors (Lipinski definition) is 0. The highest BCUT2D eigenvalue weighted by molar-refractivity contribution is 7.12. The molecule has 0 bridgehead atoms. The standard InChI is InChI=1S/C18H15NO2S/c1-21-18(20)17-16(12-13-22-17)19(14-8-4-2-5-9-14)15-10-6-3-7-11-15/h2-13H,1H3. The molecule has 22 heavy (non-hydrogen) atoms. The van der Waals surface area contributed by atoms with Crippen LogP contribution < -0.4 is 4.90 Å². The lowest BCUT2D eigenvalue weighted by Crippen LogP contribution is -2.12. The summed E-state index contributed by atoms with van der Waals surface area (Å²) >= 11 is 1.38. The van der Waals surface area contributed by atoms with Gasteiger partial charge in [-0.1, -0.05) is 36.4 Å². The third-order valence-electron chi connectivity index (χ3n) is 3.28. The molecule has 1 aromatic heterocycles. The lowest BCUT2D eigenvalue weighted by Gasteiger charge is -2.25. The van der Waals surface area contributed by atoms with Gasteiger partial charge in [-0.05, 0) is 35.7 Å². The zero-order valence-electron chi connectivity index (χ0n) is 12.1. The lowest BCUT2D eigenvalue weighted by molar-refractivity contribution is 0.0607. The minimum Gasteiger partial charge on any atom is -0.465 e. The van der Waals surface area contributed by atoms with E-state index in [2.05, 4.69) is 4.90 Å². The molecule has 0 aliphatic rings. The van der Waals surface area contributed by atoms with Gasteiger partial charge >= 0.3 is 5.97 Å². The van der Waals surface area contributed by atoms with Crippen LogP contribution in [-0.4, -0.2) is 13.1 Å². The normalized spacial score (nSPS) is 10.2. The van der Waals surface area contributed by atoms with E-state index in [1.165, 1.54) is 18.4 Å². The Kier molecular flexibility index (Phi) is 4.21. The van der Waals surface area contributed by atoms with Crippen molar-refractivity contribution in [1.29, 1.82) is 0 Å². The van der Waals surface area contributed by atoms with E-state index < -0.39 is 0 Å². The second kappa shape index (κ2) is 6.45. The number of carbonyl (C=O) groups is 1. The molecule has 0 spiro atoms. The molecule has 0 unspecified atom stereocenters. The third-order valence-corrected chi connectivity index (χ3v) is 4.17. The fourth-order valence-corrected chi connectivity index (χ4v) is 3.10. The fraction of sp³-hybridized carbons (Fsp3) is 0.0556. The molecular weight excluding hydrogens is 294 g/mol. The van der Waals surface area contributed by atoms with Crippen molar-refractivity contribution in [2.75, 3.05) is 12.0 Å². The van der Waals surface area contributed by atoms with E-state index >= 15 is 0 Å². The van der Waals surface area contributed by atoms with E-state index in [0.717, 1.165) is 17.1 Å². The molecule has 0 saturated carbocycles. The van der Waals surface area contributed by atoms with Gasteiger partial charge in [-0.25, -0.2) is 4.79 Å². The summed E-state index contributed by atoms with van der Waals surface area (Å²) < 4.78 is 4.90. The minimum absolute atomic E-state index is 0.318. The van der Waals surface area contributed by atoms with Crippen LogP contribution in [0.2, 0.25) is 0 Å². The van der Waals surface area contributed by atoms with Crippen LogP contribution in [0.5, 0.6) is 0 Å². The number of hydrogen-bond acceptors (Lipinski definition) is 4. The average molecular weight is 309 g/mol. The monoisotopic (exact) mass is 309 g/mol. The first-order chi connectivity index (χ1) is 10.8. The second-order valence-corrected chi connectivity index (χ2v) is 5.55. The highest BCUT2D eigenvalue weighted by Gasteiger charge is 2.21. The van der Waals surface area contributed by atoms with Gasteiger partial charge in [-0.2, -0.15) is 0 Å². The number of para-hydroxylation sites is 2. The maximum atomic E-state index is 12.0. The van der Waals surface area contributed by atoms with Crippen LogP contribution in [0.3, 0.4) is 0 Å². The molecule has 110 valence electrons. The van der Waals surface area contributed by atoms with Gasteiger partial charge in [-0.15, -0.1) is 11.3 Å². The van der Waals surface area contributed by atoms with E-state index in [0.29, 0.717) is 4.88 Å². The zero-order chi connectivity index (χ0) is 15.4. The molecule has 0 aliphatic heterocycles. The molecular formula is C18H15NO2S. The van der Waals surface area contributed by atoms with Gasteiger partial charge in [0.15, 0.2) is 0 Å². The summed E-state index contributed by atoms with van der Waals surface area (Å²) in [5.41, 5.74) is 2.82. The molecule has 0 aliphatic carbocycles. The summed E-state index contributed by atoms with van der Waals surface area (Å²) in [5.74, 6) is -0.318. The molecule has 3 aromatic rings. The molecule has 0 atom stereocenters. The van der Waals surface area contributed by atoms with Gasteiger partial charge in [0.05, 0.1) is 12.8 Å². The predicted molar refractivity (Wildman–Crippen MR) is 90.3 cm³/mol. The highest BCUT2D eigenvalue weighted by Crippen LogP contribution is 2.38. The Bertz CT molecular complexity index is 714. The van der Waals surface area contributed by atoms with Gasteiger partial charge in [0.1, 0.15) is 4.88 Å². The molecule has 0 amide bonds. The van der Waals surface area contributed by atoms with Crippen LogP contribution in [0.1, 0.15) is 9.67 Å². The summed E-state index contributed by atoms with van der Waals surface area (Å²) in [7, 11) is 1.40. The number of carbonyl (C=O) groups excluding carboxylic acids is 1. The smallest absolute Gasteiger partial charge is 0.350 e. The number of anilines is 3. The molecule has 0 fully saturated rings. The number of benzene rings is 2. The number of esters is 1. The Labute approximate surface area is 133 Å². The van der Waals surface area contributed by atoms with Crippen molar-refractivity contribution in [2.24, 2.45) is 0 Å². The molecule has 1 heterocycles. The van der Waals surface area contributed by atoms with Crippen molar-refractivity contribution in [3.8, 4) is 0 Å². The summed E-state index contributed by atoms with van der Waals surface area (Å²) in [6, 6.07) is 21.9. The summed E-state index contributed by atoms with van der Waals surface area (Å²) in [6.07, 6.45) is 0. The first-order valence-electron chi connectivity index (χ1n) is 6.87. The van der Waals surface area contributed by atoms with E-state index in [1.54, 1.807) is 0 Å². The molecule has 3 nitrogen and oxygen atoms in total. The van der Waals surface area contributed by atoms with Gasteiger partial charge in [0.2, 0.25) is 0 Å². The van der Waals surface area contributed by atoms with Gasteiger partial charge in [-0.3, -0.25) is 0 Å². The average Bonchev–Trinajstić information content (AvgIpc) is 3.06. The van der Waals surface area contributed by atoms with Crippen molar-refractivity contribution >= 4 is 34.4 Å². The zero-order valence-corrected chi connectivity index (χ0v) is 12.9. The van der Waals surface area contributed by atoms with Crippen molar-refractivity contribution in [3.05, 3.63) is 77.0 Å². The van der Waals surface area contributed by atoms with E-state index in [9.17, 15) is 4.79 Å². The Morgan fingerprint density at radius 2 is 1.45 bits per heavy atom. The molecule has 3 rings (SSSR count). The van der Waals surface area contributed by atoms with E-state index in [4.69, 9.17) is 4.74 Å². The Balaban J connectivity index is 2.15. The third kappa shape index (κ3) is 2.73.